The lowest BCUT2D eigenvalue weighted by molar-refractivity contribution is 1.10. The van der Waals surface area contributed by atoms with E-state index in [1.807, 2.05) is 30.3 Å². The van der Waals surface area contributed by atoms with E-state index < -0.39 is 0 Å². The third-order valence-electron chi connectivity index (χ3n) is 3.18. The lowest BCUT2D eigenvalue weighted by Gasteiger charge is -2.03. The van der Waals surface area contributed by atoms with Crippen LogP contribution in [0.1, 0.15) is 0 Å². The Kier molecular flexibility index (Phi) is 2.32. The van der Waals surface area contributed by atoms with Gasteiger partial charge < -0.3 is 4.98 Å². The number of aromatic nitrogens is 6. The predicted octanol–water partition coefficient (Wildman–Crippen LogP) is 2.41. The van der Waals surface area contributed by atoms with Gasteiger partial charge in [0.05, 0.1) is 18.2 Å². The van der Waals surface area contributed by atoms with E-state index in [0.29, 0.717) is 5.65 Å². The normalized spacial score (nSPS) is 11.0. The molecule has 0 aliphatic rings. The van der Waals surface area contributed by atoms with Crippen LogP contribution in [0.25, 0.3) is 33.7 Å². The molecule has 96 valence electrons. The highest BCUT2D eigenvalue weighted by molar-refractivity contribution is 5.91. The van der Waals surface area contributed by atoms with Gasteiger partial charge in [-0.1, -0.05) is 30.3 Å². The molecule has 6 nitrogen and oxygen atoms in total. The van der Waals surface area contributed by atoms with Gasteiger partial charge in [0.1, 0.15) is 17.5 Å². The van der Waals surface area contributed by atoms with E-state index in [9.17, 15) is 0 Å². The molecule has 6 heteroatoms. The highest BCUT2D eigenvalue weighted by Crippen LogP contribution is 2.31. The molecule has 0 saturated heterocycles. The van der Waals surface area contributed by atoms with Crippen LogP contribution < -0.4 is 0 Å². The Bertz CT molecular complexity index is 861. The van der Waals surface area contributed by atoms with E-state index in [1.165, 1.54) is 6.33 Å². The number of aromatic amines is 2. The van der Waals surface area contributed by atoms with Gasteiger partial charge in [0.25, 0.3) is 0 Å². The molecule has 3 heterocycles. The Morgan fingerprint density at radius 1 is 0.950 bits per heavy atom. The maximum absolute atomic E-state index is 4.37. The zero-order chi connectivity index (χ0) is 13.4. The monoisotopic (exact) mass is 262 g/mol. The van der Waals surface area contributed by atoms with Gasteiger partial charge in [0, 0.05) is 11.1 Å². The summed E-state index contributed by atoms with van der Waals surface area (Å²) in [4.78, 5) is 15.7. The summed E-state index contributed by atoms with van der Waals surface area (Å²) in [6.45, 7) is 0. The molecule has 0 radical (unpaired) electrons. The molecular formula is C14H10N6. The van der Waals surface area contributed by atoms with E-state index >= 15 is 0 Å². The average Bonchev–Trinajstić information content (AvgIpc) is 3.16. The van der Waals surface area contributed by atoms with E-state index in [-0.39, 0.29) is 0 Å². The van der Waals surface area contributed by atoms with Crippen molar-refractivity contribution in [1.82, 2.24) is 30.1 Å². The molecule has 3 aromatic heterocycles. The summed E-state index contributed by atoms with van der Waals surface area (Å²) in [5.41, 5.74) is 5.17. The molecule has 0 bridgehead atoms. The molecule has 20 heavy (non-hydrogen) atoms. The summed E-state index contributed by atoms with van der Waals surface area (Å²) in [7, 11) is 0. The number of H-pyrrole nitrogens is 2. The summed E-state index contributed by atoms with van der Waals surface area (Å²) in [6.07, 6.45) is 4.90. The van der Waals surface area contributed by atoms with Crippen LogP contribution in [-0.2, 0) is 0 Å². The summed E-state index contributed by atoms with van der Waals surface area (Å²) in [5, 5.41) is 7.18. The van der Waals surface area contributed by atoms with Crippen molar-refractivity contribution >= 4 is 11.2 Å². The molecule has 0 spiro atoms. The van der Waals surface area contributed by atoms with E-state index in [0.717, 1.165) is 28.0 Å². The minimum Gasteiger partial charge on any atom is -0.341 e. The fourth-order valence-electron chi connectivity index (χ4n) is 2.26. The zero-order valence-corrected chi connectivity index (χ0v) is 10.4. The predicted molar refractivity (Wildman–Crippen MR) is 74.7 cm³/mol. The van der Waals surface area contributed by atoms with Crippen LogP contribution in [0, 0.1) is 0 Å². The molecule has 0 aliphatic heterocycles. The summed E-state index contributed by atoms with van der Waals surface area (Å²) < 4.78 is 0. The second-order valence-corrected chi connectivity index (χ2v) is 4.35. The SMILES string of the molecule is c1ccc(-c2[nH]ncc2-c2ncnc3nc[nH]c23)cc1. The Morgan fingerprint density at radius 2 is 1.85 bits per heavy atom. The highest BCUT2D eigenvalue weighted by atomic mass is 15.1. The Labute approximate surface area is 113 Å². The quantitative estimate of drug-likeness (QED) is 0.581. The molecule has 0 fully saturated rings. The first-order chi connectivity index (χ1) is 9.93. The van der Waals surface area contributed by atoms with Gasteiger partial charge in [-0.25, -0.2) is 15.0 Å². The number of fused-ring (bicyclic) bond motifs is 1. The topological polar surface area (TPSA) is 83.1 Å². The largest absolute Gasteiger partial charge is 0.341 e. The van der Waals surface area contributed by atoms with Crippen molar-refractivity contribution < 1.29 is 0 Å². The maximum atomic E-state index is 4.37. The van der Waals surface area contributed by atoms with E-state index in [4.69, 9.17) is 0 Å². The fraction of sp³-hybridized carbons (Fsp3) is 0. The second kappa shape index (κ2) is 4.27. The molecular weight excluding hydrogens is 252 g/mol. The Balaban J connectivity index is 1.96. The van der Waals surface area contributed by atoms with E-state index in [2.05, 4.69) is 30.1 Å². The van der Waals surface area contributed by atoms with Crippen LogP contribution in [0.5, 0.6) is 0 Å². The molecule has 0 saturated carbocycles. The molecule has 0 atom stereocenters. The van der Waals surface area contributed by atoms with Gasteiger partial charge in [0.2, 0.25) is 0 Å². The molecule has 1 aromatic carbocycles. The van der Waals surface area contributed by atoms with Crippen LogP contribution >= 0.6 is 0 Å². The van der Waals surface area contributed by atoms with E-state index in [1.54, 1.807) is 12.5 Å². The third-order valence-corrected chi connectivity index (χ3v) is 3.18. The molecule has 2 N–H and O–H groups in total. The summed E-state index contributed by atoms with van der Waals surface area (Å²) in [5.74, 6) is 0. The van der Waals surface area contributed by atoms with Crippen molar-refractivity contribution in [1.29, 1.82) is 0 Å². The van der Waals surface area contributed by atoms with Crippen molar-refractivity contribution in [2.45, 2.75) is 0 Å². The standard InChI is InChI=1S/C14H10N6/c1-2-4-9(5-3-1)11-10(6-19-20-11)12-13-14(17-7-15-12)18-8-16-13/h1-8H,(H,19,20)(H,15,16,17,18). The van der Waals surface area contributed by atoms with Gasteiger partial charge >= 0.3 is 0 Å². The number of nitrogens with zero attached hydrogens (tertiary/aromatic N) is 4. The molecule has 4 rings (SSSR count). The van der Waals surface area contributed by atoms with Crippen molar-refractivity contribution in [3.63, 3.8) is 0 Å². The van der Waals surface area contributed by atoms with Gasteiger partial charge in [-0.3, -0.25) is 5.10 Å². The Morgan fingerprint density at radius 3 is 2.75 bits per heavy atom. The summed E-state index contributed by atoms with van der Waals surface area (Å²) in [6, 6.07) is 10.0. The number of hydrogen-bond acceptors (Lipinski definition) is 4. The molecule has 0 amide bonds. The van der Waals surface area contributed by atoms with Gasteiger partial charge in [-0.05, 0) is 0 Å². The first-order valence-corrected chi connectivity index (χ1v) is 6.17. The second-order valence-electron chi connectivity index (χ2n) is 4.35. The van der Waals surface area contributed by atoms with Gasteiger partial charge in [-0.2, -0.15) is 5.10 Å². The van der Waals surface area contributed by atoms with Crippen molar-refractivity contribution in [3.05, 3.63) is 49.2 Å². The van der Waals surface area contributed by atoms with Gasteiger partial charge in [0.15, 0.2) is 5.65 Å². The minimum absolute atomic E-state index is 0.648. The number of rotatable bonds is 2. The smallest absolute Gasteiger partial charge is 0.181 e. The molecule has 0 aliphatic carbocycles. The highest BCUT2D eigenvalue weighted by Gasteiger charge is 2.15. The average molecular weight is 262 g/mol. The number of hydrogen-bond donors (Lipinski definition) is 2. The van der Waals surface area contributed by atoms with Crippen molar-refractivity contribution in [3.8, 4) is 22.5 Å². The Hall–Kier alpha value is -3.02. The van der Waals surface area contributed by atoms with Crippen molar-refractivity contribution in [2.24, 2.45) is 0 Å². The van der Waals surface area contributed by atoms with Crippen molar-refractivity contribution in [2.75, 3.05) is 0 Å². The minimum atomic E-state index is 0.648. The first-order valence-electron chi connectivity index (χ1n) is 6.17. The van der Waals surface area contributed by atoms with Gasteiger partial charge in [-0.15, -0.1) is 0 Å². The molecule has 4 aromatic rings. The van der Waals surface area contributed by atoms with Crippen LogP contribution in [0.4, 0.5) is 0 Å². The maximum Gasteiger partial charge on any atom is 0.181 e. The third kappa shape index (κ3) is 1.58. The fourth-order valence-corrected chi connectivity index (χ4v) is 2.26. The number of imidazole rings is 1. The van der Waals surface area contributed by atoms with Crippen LogP contribution in [0.2, 0.25) is 0 Å². The van der Waals surface area contributed by atoms with Crippen LogP contribution in [-0.4, -0.2) is 30.1 Å². The summed E-state index contributed by atoms with van der Waals surface area (Å²) >= 11 is 0. The number of nitrogens with one attached hydrogen (secondary N) is 2. The lowest BCUT2D eigenvalue weighted by Crippen LogP contribution is -1.89. The zero-order valence-electron chi connectivity index (χ0n) is 10.4. The first kappa shape index (κ1) is 10.9. The van der Waals surface area contributed by atoms with Crippen LogP contribution in [0.3, 0.4) is 0 Å². The number of benzene rings is 1. The van der Waals surface area contributed by atoms with Crippen LogP contribution in [0.15, 0.2) is 49.2 Å². The molecule has 0 unspecified atom stereocenters. The lowest BCUT2D eigenvalue weighted by atomic mass is 10.1.